The number of aryl methyl sites for hydroxylation is 1. The smallest absolute Gasteiger partial charge is 0.161 e. The van der Waals surface area contributed by atoms with E-state index in [0.29, 0.717) is 0 Å². The highest BCUT2D eigenvalue weighted by Crippen LogP contribution is 2.26. The zero-order valence-electron chi connectivity index (χ0n) is 15.9. The number of rotatable bonds is 6. The second-order valence-corrected chi connectivity index (χ2v) is 6.73. The number of benzene rings is 2. The van der Waals surface area contributed by atoms with Gasteiger partial charge in [0.15, 0.2) is 11.5 Å². The van der Waals surface area contributed by atoms with Gasteiger partial charge < -0.3 is 14.4 Å². The molecule has 2 aromatic carbocycles. The Bertz CT molecular complexity index is 735. The summed E-state index contributed by atoms with van der Waals surface area (Å²) >= 11 is 0. The van der Waals surface area contributed by atoms with Gasteiger partial charge >= 0.3 is 0 Å². The molecule has 1 aliphatic heterocycles. The minimum Gasteiger partial charge on any atom is -0.493 e. The molecule has 0 spiro atoms. The van der Waals surface area contributed by atoms with Crippen LogP contribution in [0.25, 0.3) is 0 Å². The zero-order chi connectivity index (χ0) is 18.4. The van der Waals surface area contributed by atoms with E-state index in [1.807, 2.05) is 24.4 Å². The van der Waals surface area contributed by atoms with Crippen molar-refractivity contribution in [1.29, 1.82) is 0 Å². The summed E-state index contributed by atoms with van der Waals surface area (Å²) in [6.07, 6.45) is 1.90. The highest BCUT2D eigenvalue weighted by molar-refractivity contribution is 5.80. The summed E-state index contributed by atoms with van der Waals surface area (Å²) in [6, 6.07) is 14.7. The second-order valence-electron chi connectivity index (χ2n) is 6.73. The lowest BCUT2D eigenvalue weighted by molar-refractivity contribution is -0.918. The van der Waals surface area contributed by atoms with Gasteiger partial charge in [0.2, 0.25) is 0 Å². The molecule has 1 aliphatic rings. The number of ether oxygens (including phenoxy) is 2. The van der Waals surface area contributed by atoms with Gasteiger partial charge in [-0.25, -0.2) is 0 Å². The van der Waals surface area contributed by atoms with E-state index >= 15 is 0 Å². The second kappa shape index (κ2) is 8.72. The molecule has 1 N–H and O–H groups in total. The van der Waals surface area contributed by atoms with Gasteiger partial charge in [0.25, 0.3) is 0 Å². The van der Waals surface area contributed by atoms with Crippen molar-refractivity contribution < 1.29 is 14.4 Å². The average Bonchev–Trinajstić information content (AvgIpc) is 2.69. The van der Waals surface area contributed by atoms with Gasteiger partial charge in [-0.15, -0.1) is 0 Å². The van der Waals surface area contributed by atoms with Crippen molar-refractivity contribution in [2.75, 3.05) is 40.4 Å². The molecule has 5 heteroatoms. The lowest BCUT2D eigenvalue weighted by atomic mass is 10.1. The molecule has 138 valence electrons. The van der Waals surface area contributed by atoms with E-state index in [-0.39, 0.29) is 0 Å². The van der Waals surface area contributed by atoms with Crippen LogP contribution < -0.4 is 14.4 Å². The van der Waals surface area contributed by atoms with Gasteiger partial charge in [-0.3, -0.25) is 5.01 Å². The number of hydrogen-bond donors (Lipinski definition) is 1. The maximum Gasteiger partial charge on any atom is 0.161 e. The predicted molar refractivity (Wildman–Crippen MR) is 104 cm³/mol. The topological polar surface area (TPSA) is 38.5 Å². The fraction of sp³-hybridized carbons (Fsp3) is 0.381. The summed E-state index contributed by atoms with van der Waals surface area (Å²) in [6.45, 7) is 7.39. The van der Waals surface area contributed by atoms with Crippen LogP contribution >= 0.6 is 0 Å². The monoisotopic (exact) mass is 354 g/mol. The molecule has 0 bridgehead atoms. The van der Waals surface area contributed by atoms with Crippen molar-refractivity contribution in [1.82, 2.24) is 5.01 Å². The van der Waals surface area contributed by atoms with E-state index in [1.54, 1.807) is 19.1 Å². The van der Waals surface area contributed by atoms with Crippen LogP contribution in [-0.4, -0.2) is 51.6 Å². The first kappa shape index (κ1) is 18.3. The first-order valence-electron chi connectivity index (χ1n) is 9.08. The molecule has 0 radical (unpaired) electrons. The van der Waals surface area contributed by atoms with E-state index in [4.69, 9.17) is 9.47 Å². The molecule has 0 saturated carbocycles. The summed E-state index contributed by atoms with van der Waals surface area (Å²) in [5.74, 6) is 1.46. The van der Waals surface area contributed by atoms with Gasteiger partial charge in [0, 0.05) is 5.56 Å². The third-order valence-corrected chi connectivity index (χ3v) is 4.80. The van der Waals surface area contributed by atoms with Crippen LogP contribution in [0.2, 0.25) is 0 Å². The Labute approximate surface area is 155 Å². The third kappa shape index (κ3) is 4.76. The predicted octanol–water partition coefficient (Wildman–Crippen LogP) is 1.75. The summed E-state index contributed by atoms with van der Waals surface area (Å²) < 4.78 is 10.6. The van der Waals surface area contributed by atoms with Gasteiger partial charge in [-0.05, 0) is 30.7 Å². The van der Waals surface area contributed by atoms with Crippen LogP contribution in [0.5, 0.6) is 11.5 Å². The molecule has 1 saturated heterocycles. The normalized spacial score (nSPS) is 15.4. The maximum absolute atomic E-state index is 5.34. The van der Waals surface area contributed by atoms with Gasteiger partial charge in [-0.2, -0.15) is 5.10 Å². The van der Waals surface area contributed by atoms with E-state index in [1.165, 1.54) is 11.1 Å². The molecular formula is C21H28N3O2+. The molecule has 2 aromatic rings. The van der Waals surface area contributed by atoms with Crippen LogP contribution in [-0.2, 0) is 6.54 Å². The maximum atomic E-state index is 5.34. The van der Waals surface area contributed by atoms with Crippen molar-refractivity contribution in [3.05, 3.63) is 59.2 Å². The van der Waals surface area contributed by atoms with E-state index in [0.717, 1.165) is 49.8 Å². The molecule has 3 rings (SSSR count). The third-order valence-electron chi connectivity index (χ3n) is 4.80. The summed E-state index contributed by atoms with van der Waals surface area (Å²) in [5, 5.41) is 6.78. The molecule has 0 atom stereocenters. The standard InChI is InChI=1S/C21H27N3O2/c1-17-4-6-18(7-5-17)16-23-10-12-24(13-11-23)22-15-19-8-9-20(25-2)21(14-19)26-3/h4-9,14-15H,10-13,16H2,1-3H3/p+1. The Morgan fingerprint density at radius 2 is 1.69 bits per heavy atom. The number of piperazine rings is 1. The van der Waals surface area contributed by atoms with Crippen LogP contribution in [0.4, 0.5) is 0 Å². The molecule has 0 unspecified atom stereocenters. The highest BCUT2D eigenvalue weighted by atomic mass is 16.5. The number of hydrazone groups is 1. The fourth-order valence-corrected chi connectivity index (χ4v) is 3.18. The molecule has 1 heterocycles. The number of methoxy groups -OCH3 is 2. The number of nitrogens with zero attached hydrogens (tertiary/aromatic N) is 2. The SMILES string of the molecule is COc1ccc(C=NN2CC[NH+](Cc3ccc(C)cc3)CC2)cc1OC. The molecule has 0 amide bonds. The lowest BCUT2D eigenvalue weighted by Gasteiger charge is -2.30. The molecule has 0 aliphatic carbocycles. The molecule has 0 aromatic heterocycles. The summed E-state index contributed by atoms with van der Waals surface area (Å²) in [5.41, 5.74) is 3.74. The Kier molecular flexibility index (Phi) is 6.12. The van der Waals surface area contributed by atoms with Crippen LogP contribution in [0.3, 0.4) is 0 Å². The molecule has 5 nitrogen and oxygen atoms in total. The minimum absolute atomic E-state index is 0.726. The molecular weight excluding hydrogens is 326 g/mol. The first-order valence-corrected chi connectivity index (χ1v) is 9.08. The number of nitrogens with one attached hydrogen (secondary N) is 1. The van der Waals surface area contributed by atoms with Crippen LogP contribution in [0.1, 0.15) is 16.7 Å². The summed E-state index contributed by atoms with van der Waals surface area (Å²) in [7, 11) is 3.29. The Morgan fingerprint density at radius 3 is 2.35 bits per heavy atom. The Hall–Kier alpha value is -2.53. The van der Waals surface area contributed by atoms with E-state index in [2.05, 4.69) is 41.3 Å². The molecule has 26 heavy (non-hydrogen) atoms. The first-order chi connectivity index (χ1) is 12.7. The Balaban J connectivity index is 1.52. The van der Waals surface area contributed by atoms with Crippen molar-refractivity contribution in [2.45, 2.75) is 13.5 Å². The van der Waals surface area contributed by atoms with Gasteiger partial charge in [0.05, 0.1) is 46.6 Å². The quantitative estimate of drug-likeness (QED) is 0.804. The van der Waals surface area contributed by atoms with E-state index < -0.39 is 0 Å². The Morgan fingerprint density at radius 1 is 1.00 bits per heavy atom. The van der Waals surface area contributed by atoms with Crippen molar-refractivity contribution >= 4 is 6.21 Å². The van der Waals surface area contributed by atoms with Crippen molar-refractivity contribution in [3.8, 4) is 11.5 Å². The van der Waals surface area contributed by atoms with Gasteiger partial charge in [0.1, 0.15) is 6.54 Å². The summed E-state index contributed by atoms with van der Waals surface area (Å²) in [4.78, 5) is 1.62. The average molecular weight is 354 g/mol. The highest BCUT2D eigenvalue weighted by Gasteiger charge is 2.18. The number of quaternary nitrogens is 1. The van der Waals surface area contributed by atoms with Crippen molar-refractivity contribution in [3.63, 3.8) is 0 Å². The van der Waals surface area contributed by atoms with Gasteiger partial charge in [-0.1, -0.05) is 29.8 Å². The van der Waals surface area contributed by atoms with Crippen molar-refractivity contribution in [2.24, 2.45) is 5.10 Å². The number of hydrogen-bond acceptors (Lipinski definition) is 4. The van der Waals surface area contributed by atoms with Crippen LogP contribution in [0.15, 0.2) is 47.6 Å². The lowest BCUT2D eigenvalue weighted by Crippen LogP contribution is -3.13. The zero-order valence-corrected chi connectivity index (χ0v) is 15.9. The fourth-order valence-electron chi connectivity index (χ4n) is 3.18. The van der Waals surface area contributed by atoms with E-state index in [9.17, 15) is 0 Å². The minimum atomic E-state index is 0.726. The van der Waals surface area contributed by atoms with Crippen LogP contribution in [0, 0.1) is 6.92 Å². The molecule has 1 fully saturated rings. The largest absolute Gasteiger partial charge is 0.493 e.